The summed E-state index contributed by atoms with van der Waals surface area (Å²) in [5.74, 6) is -1.28. The van der Waals surface area contributed by atoms with Gasteiger partial charge in [-0.25, -0.2) is 9.59 Å². The van der Waals surface area contributed by atoms with Gasteiger partial charge < -0.3 is 29.8 Å². The van der Waals surface area contributed by atoms with Crippen LogP contribution in [-0.2, 0) is 9.53 Å². The van der Waals surface area contributed by atoms with E-state index in [0.29, 0.717) is 12.2 Å². The van der Waals surface area contributed by atoms with E-state index in [-0.39, 0.29) is 22.2 Å². The number of rotatable bonds is 10. The molecule has 0 aliphatic rings. The van der Waals surface area contributed by atoms with Crippen LogP contribution >= 0.6 is 11.6 Å². The Bertz CT molecular complexity index is 1160. The number of halogens is 1. The molecule has 1 unspecified atom stereocenters. The Morgan fingerprint density at radius 2 is 2.06 bits per heavy atom. The fourth-order valence-corrected chi connectivity index (χ4v) is 3.35. The molecule has 0 saturated carbocycles. The van der Waals surface area contributed by atoms with Crippen molar-refractivity contribution in [3.8, 4) is 5.75 Å². The molecular formula is C22H26ClN3O7. The second-order valence-corrected chi connectivity index (χ2v) is 8.13. The molecule has 0 aliphatic carbocycles. The zero-order valence-electron chi connectivity index (χ0n) is 18.2. The lowest BCUT2D eigenvalue weighted by Crippen LogP contribution is -2.52. The van der Waals surface area contributed by atoms with E-state index < -0.39 is 43.1 Å². The van der Waals surface area contributed by atoms with E-state index in [4.69, 9.17) is 31.2 Å². The summed E-state index contributed by atoms with van der Waals surface area (Å²) in [5, 5.41) is 18.7. The molecule has 0 saturated heterocycles. The topological polar surface area (TPSA) is 150 Å². The minimum absolute atomic E-state index is 0.175. The molecule has 2 aromatic heterocycles. The first-order valence-corrected chi connectivity index (χ1v) is 10.7. The lowest BCUT2D eigenvalue weighted by atomic mass is 10.1. The van der Waals surface area contributed by atoms with E-state index in [1.807, 2.05) is 19.1 Å². The number of esters is 1. The van der Waals surface area contributed by atoms with Crippen molar-refractivity contribution in [2.45, 2.75) is 38.0 Å². The molecule has 0 amide bonds. The number of carbonyl (C=O) groups is 1. The number of hydrogen-bond donors (Lipinski definition) is 3. The fraction of sp³-hybridized carbons (Fsp3) is 0.409. The van der Waals surface area contributed by atoms with Gasteiger partial charge in [-0.05, 0) is 31.5 Å². The van der Waals surface area contributed by atoms with Gasteiger partial charge in [0.2, 0.25) is 0 Å². The first-order chi connectivity index (χ1) is 15.7. The number of fused-ring (bicyclic) bond motifs is 1. The molecule has 3 aromatic rings. The maximum atomic E-state index is 12.5. The predicted molar refractivity (Wildman–Crippen MR) is 120 cm³/mol. The fourth-order valence-electron chi connectivity index (χ4n) is 3.15. The van der Waals surface area contributed by atoms with Crippen molar-refractivity contribution in [2.75, 3.05) is 19.8 Å². The van der Waals surface area contributed by atoms with Crippen molar-refractivity contribution in [1.82, 2.24) is 9.55 Å². The molecule has 178 valence electrons. The minimum Gasteiger partial charge on any atom is -0.482 e. The van der Waals surface area contributed by atoms with Crippen LogP contribution < -0.4 is 16.2 Å². The SMILES string of the molecule is CCC(Oc1cc2oc(=O)n([C@H](C)C(=O)OCC(N)(CO)CO)c2cc1Cl)c1ccccn1. The van der Waals surface area contributed by atoms with Gasteiger partial charge in [-0.3, -0.25) is 9.55 Å². The van der Waals surface area contributed by atoms with E-state index in [1.54, 1.807) is 12.3 Å². The molecule has 0 fully saturated rings. The predicted octanol–water partition coefficient (Wildman–Crippen LogP) is 1.96. The van der Waals surface area contributed by atoms with E-state index in [2.05, 4.69) is 4.98 Å². The highest BCUT2D eigenvalue weighted by atomic mass is 35.5. The number of benzene rings is 1. The highest BCUT2D eigenvalue weighted by Crippen LogP contribution is 2.34. The minimum atomic E-state index is -1.49. The van der Waals surface area contributed by atoms with Crippen LogP contribution in [0.15, 0.2) is 45.7 Å². The summed E-state index contributed by atoms with van der Waals surface area (Å²) in [5.41, 5.74) is 5.40. The third-order valence-corrected chi connectivity index (χ3v) is 5.48. The van der Waals surface area contributed by atoms with Crippen LogP contribution in [-0.4, -0.2) is 51.1 Å². The lowest BCUT2D eigenvalue weighted by Gasteiger charge is -2.24. The number of ether oxygens (including phenoxy) is 2. The van der Waals surface area contributed by atoms with Crippen LogP contribution in [0.25, 0.3) is 11.1 Å². The molecular weight excluding hydrogens is 454 g/mol. The Hall–Kier alpha value is -2.92. The van der Waals surface area contributed by atoms with E-state index in [1.165, 1.54) is 19.1 Å². The van der Waals surface area contributed by atoms with Gasteiger partial charge in [0.15, 0.2) is 5.58 Å². The summed E-state index contributed by atoms with van der Waals surface area (Å²) in [6.45, 7) is 1.78. The highest BCUT2D eigenvalue weighted by molar-refractivity contribution is 6.32. The van der Waals surface area contributed by atoms with Gasteiger partial charge in [-0.1, -0.05) is 24.6 Å². The summed E-state index contributed by atoms with van der Waals surface area (Å²) < 4.78 is 17.5. The second kappa shape index (κ2) is 10.3. The van der Waals surface area contributed by atoms with Gasteiger partial charge in [0.1, 0.15) is 24.5 Å². The van der Waals surface area contributed by atoms with Gasteiger partial charge in [-0.15, -0.1) is 0 Å². The Balaban J connectivity index is 1.87. The number of nitrogens with two attached hydrogens (primary N) is 1. The van der Waals surface area contributed by atoms with Crippen LogP contribution in [0.4, 0.5) is 0 Å². The zero-order valence-corrected chi connectivity index (χ0v) is 19.0. The summed E-state index contributed by atoms with van der Waals surface area (Å²) in [6, 6.07) is 7.38. The number of oxazole rings is 1. The standard InChI is InChI=1S/C22H26ClN3O7/c1-3-17(15-6-4-5-7-25-15)32-18-9-19-16(8-14(18)23)26(21(30)33-19)13(2)20(29)31-12-22(24,10-27)11-28/h4-9,13,17,27-28H,3,10-12,24H2,1-2H3/t13-,17?/m1/s1. The smallest absolute Gasteiger partial charge is 0.420 e. The van der Waals surface area contributed by atoms with Gasteiger partial charge in [0, 0.05) is 12.3 Å². The van der Waals surface area contributed by atoms with E-state index in [9.17, 15) is 19.8 Å². The van der Waals surface area contributed by atoms with Crippen molar-refractivity contribution in [2.24, 2.45) is 5.73 Å². The monoisotopic (exact) mass is 479 g/mol. The molecule has 11 heteroatoms. The molecule has 0 bridgehead atoms. The van der Waals surface area contributed by atoms with Crippen LogP contribution in [0.1, 0.15) is 38.1 Å². The largest absolute Gasteiger partial charge is 0.482 e. The van der Waals surface area contributed by atoms with Crippen LogP contribution in [0.3, 0.4) is 0 Å². The maximum absolute atomic E-state index is 12.5. The number of pyridine rings is 1. The van der Waals surface area contributed by atoms with Gasteiger partial charge in [0.05, 0.1) is 35.0 Å². The number of aromatic nitrogens is 2. The van der Waals surface area contributed by atoms with Gasteiger partial charge in [-0.2, -0.15) is 0 Å². The summed E-state index contributed by atoms with van der Waals surface area (Å²) in [4.78, 5) is 29.3. The average Bonchev–Trinajstić information content (AvgIpc) is 3.14. The van der Waals surface area contributed by atoms with Crippen molar-refractivity contribution in [3.05, 3.63) is 57.8 Å². The van der Waals surface area contributed by atoms with Crippen molar-refractivity contribution < 1.29 is 28.9 Å². The molecule has 0 spiro atoms. The van der Waals surface area contributed by atoms with Crippen molar-refractivity contribution in [1.29, 1.82) is 0 Å². The third kappa shape index (κ3) is 5.36. The Morgan fingerprint density at radius 3 is 2.67 bits per heavy atom. The van der Waals surface area contributed by atoms with Crippen molar-refractivity contribution >= 4 is 28.7 Å². The summed E-state index contributed by atoms with van der Waals surface area (Å²) >= 11 is 6.43. The summed E-state index contributed by atoms with van der Waals surface area (Å²) in [7, 11) is 0. The Kier molecular flexibility index (Phi) is 7.75. The average molecular weight is 480 g/mol. The summed E-state index contributed by atoms with van der Waals surface area (Å²) in [6.07, 6.45) is 1.93. The highest BCUT2D eigenvalue weighted by Gasteiger charge is 2.29. The molecule has 33 heavy (non-hydrogen) atoms. The molecule has 0 radical (unpaired) electrons. The van der Waals surface area contributed by atoms with Crippen molar-refractivity contribution in [3.63, 3.8) is 0 Å². The molecule has 3 rings (SSSR count). The molecule has 0 aliphatic heterocycles. The van der Waals surface area contributed by atoms with Gasteiger partial charge >= 0.3 is 11.7 Å². The number of aliphatic hydroxyl groups excluding tert-OH is 2. The number of aliphatic hydroxyl groups is 2. The molecule has 2 atom stereocenters. The molecule has 1 aromatic carbocycles. The zero-order chi connectivity index (χ0) is 24.2. The van der Waals surface area contributed by atoms with E-state index >= 15 is 0 Å². The van der Waals surface area contributed by atoms with Crippen LogP contribution in [0, 0.1) is 0 Å². The lowest BCUT2D eigenvalue weighted by molar-refractivity contribution is -0.150. The third-order valence-electron chi connectivity index (χ3n) is 5.18. The first kappa shape index (κ1) is 24.7. The number of carbonyl (C=O) groups excluding carboxylic acids is 1. The maximum Gasteiger partial charge on any atom is 0.420 e. The number of nitrogens with zero attached hydrogens (tertiary/aromatic N) is 2. The quantitative estimate of drug-likeness (QED) is 0.370. The molecule has 4 N–H and O–H groups in total. The van der Waals surface area contributed by atoms with E-state index in [0.717, 1.165) is 10.3 Å². The first-order valence-electron chi connectivity index (χ1n) is 10.3. The second-order valence-electron chi connectivity index (χ2n) is 7.72. The normalized spacial score (nSPS) is 13.6. The van der Waals surface area contributed by atoms with Gasteiger partial charge in [0.25, 0.3) is 0 Å². The Morgan fingerprint density at radius 1 is 1.33 bits per heavy atom. The van der Waals surface area contributed by atoms with Crippen LogP contribution in [0.5, 0.6) is 5.75 Å². The Labute approximate surface area is 194 Å². The molecule has 2 heterocycles. The van der Waals surface area contributed by atoms with Crippen LogP contribution in [0.2, 0.25) is 5.02 Å². The number of hydrogen-bond acceptors (Lipinski definition) is 9. The molecule has 10 nitrogen and oxygen atoms in total.